The summed E-state index contributed by atoms with van der Waals surface area (Å²) in [5, 5.41) is 21.3. The highest BCUT2D eigenvalue weighted by atomic mass is 16.5. The second-order valence-corrected chi connectivity index (χ2v) is 6.02. The smallest absolute Gasteiger partial charge is 0.340 e. The second-order valence-electron chi connectivity index (χ2n) is 6.02. The number of aromatic nitrogens is 4. The molecule has 140 valence electrons. The minimum atomic E-state index is -0.596. The molecule has 0 aliphatic rings. The first kappa shape index (κ1) is 17.4. The third kappa shape index (κ3) is 3.09. The number of ether oxygens (including phenoxy) is 1. The number of carbonyl (C=O) groups excluding carboxylic acids is 1. The van der Waals surface area contributed by atoms with E-state index in [4.69, 9.17) is 9.15 Å². The molecule has 0 aliphatic carbocycles. The van der Waals surface area contributed by atoms with Crippen molar-refractivity contribution in [3.8, 4) is 11.4 Å². The number of hydrogen-bond acceptors (Lipinski definition) is 8. The molecule has 2 heterocycles. The summed E-state index contributed by atoms with van der Waals surface area (Å²) in [4.78, 5) is 24.5. The van der Waals surface area contributed by atoms with Crippen LogP contribution >= 0.6 is 0 Å². The van der Waals surface area contributed by atoms with Gasteiger partial charge in [0.2, 0.25) is 0 Å². The average molecular weight is 378 g/mol. The Morgan fingerprint density at radius 3 is 2.86 bits per heavy atom. The first-order chi connectivity index (χ1) is 13.5. The lowest BCUT2D eigenvalue weighted by Gasteiger charge is -2.11. The number of benzene rings is 2. The highest BCUT2D eigenvalue weighted by Crippen LogP contribution is 2.28. The van der Waals surface area contributed by atoms with E-state index < -0.39 is 11.6 Å². The zero-order valence-electron chi connectivity index (χ0n) is 14.7. The minimum Gasteiger partial charge on any atom is -0.508 e. The summed E-state index contributed by atoms with van der Waals surface area (Å²) in [6, 6.07) is 11.1. The zero-order chi connectivity index (χ0) is 19.7. The molecule has 4 rings (SSSR count). The lowest BCUT2D eigenvalue weighted by atomic mass is 10.1. The number of aryl methyl sites for hydroxylation is 1. The van der Waals surface area contributed by atoms with Crippen LogP contribution in [0.15, 0.2) is 58.0 Å². The first-order valence-corrected chi connectivity index (χ1v) is 8.29. The van der Waals surface area contributed by atoms with Crippen LogP contribution in [0.2, 0.25) is 0 Å². The number of nitrogens with zero attached hydrogens (tertiary/aromatic N) is 4. The molecule has 0 saturated heterocycles. The predicted octanol–water partition coefficient (Wildman–Crippen LogP) is 2.14. The van der Waals surface area contributed by atoms with Crippen molar-refractivity contribution >= 4 is 16.9 Å². The second kappa shape index (κ2) is 6.95. The van der Waals surface area contributed by atoms with E-state index in [2.05, 4.69) is 15.5 Å². The number of hydrogen-bond donors (Lipinski definition) is 1. The molecule has 0 atom stereocenters. The van der Waals surface area contributed by atoms with Crippen LogP contribution in [-0.2, 0) is 11.3 Å². The Morgan fingerprint density at radius 2 is 2.07 bits per heavy atom. The van der Waals surface area contributed by atoms with E-state index in [1.165, 1.54) is 23.1 Å². The number of aromatic hydroxyl groups is 1. The van der Waals surface area contributed by atoms with E-state index in [0.29, 0.717) is 22.2 Å². The number of fused-ring (bicyclic) bond motifs is 1. The van der Waals surface area contributed by atoms with Gasteiger partial charge in [0.05, 0.1) is 11.3 Å². The van der Waals surface area contributed by atoms with Crippen molar-refractivity contribution in [2.24, 2.45) is 0 Å². The van der Waals surface area contributed by atoms with Gasteiger partial charge in [0.15, 0.2) is 0 Å². The Balaban J connectivity index is 1.65. The van der Waals surface area contributed by atoms with Crippen LogP contribution < -0.4 is 5.63 Å². The Hall–Kier alpha value is -4.01. The van der Waals surface area contributed by atoms with E-state index in [9.17, 15) is 14.7 Å². The van der Waals surface area contributed by atoms with Gasteiger partial charge in [0.25, 0.3) is 0 Å². The molecule has 0 spiro atoms. The van der Waals surface area contributed by atoms with Gasteiger partial charge < -0.3 is 14.3 Å². The number of phenols is 1. The van der Waals surface area contributed by atoms with E-state index in [-0.39, 0.29) is 23.5 Å². The third-order valence-corrected chi connectivity index (χ3v) is 4.30. The third-order valence-electron chi connectivity index (χ3n) is 4.30. The van der Waals surface area contributed by atoms with Crippen LogP contribution in [0.25, 0.3) is 16.7 Å². The maximum atomic E-state index is 12.6. The van der Waals surface area contributed by atoms with Crippen molar-refractivity contribution in [2.45, 2.75) is 13.5 Å². The molecule has 0 aliphatic heterocycles. The maximum Gasteiger partial charge on any atom is 0.340 e. The average Bonchev–Trinajstić information content (AvgIpc) is 3.24. The van der Waals surface area contributed by atoms with Crippen molar-refractivity contribution < 1.29 is 19.1 Å². The van der Waals surface area contributed by atoms with Crippen LogP contribution in [0.5, 0.6) is 5.75 Å². The highest BCUT2D eigenvalue weighted by molar-refractivity contribution is 5.93. The van der Waals surface area contributed by atoms with Crippen LogP contribution in [0, 0.1) is 6.92 Å². The SMILES string of the molecule is Cc1c(O)ccc2c(COC(=O)c3ccccc3-n3cnnn3)cc(=O)oc12. The number of carbonyl (C=O) groups is 1. The van der Waals surface area contributed by atoms with Gasteiger partial charge in [0.1, 0.15) is 24.3 Å². The number of para-hydroxylation sites is 1. The normalized spacial score (nSPS) is 10.9. The quantitative estimate of drug-likeness (QED) is 0.424. The summed E-state index contributed by atoms with van der Waals surface area (Å²) in [6.45, 7) is 1.49. The van der Waals surface area contributed by atoms with Gasteiger partial charge in [-0.05, 0) is 41.6 Å². The Labute approximate surface area is 157 Å². The number of phenolic OH excluding ortho intramolecular Hbond substituents is 1. The van der Waals surface area contributed by atoms with Crippen LogP contribution in [-0.4, -0.2) is 31.3 Å². The molecule has 4 aromatic rings. The lowest BCUT2D eigenvalue weighted by Crippen LogP contribution is -2.11. The fourth-order valence-corrected chi connectivity index (χ4v) is 2.87. The van der Waals surface area contributed by atoms with Crippen molar-refractivity contribution in [1.82, 2.24) is 20.2 Å². The predicted molar refractivity (Wildman–Crippen MR) is 97.2 cm³/mol. The summed E-state index contributed by atoms with van der Waals surface area (Å²) in [7, 11) is 0. The van der Waals surface area contributed by atoms with Gasteiger partial charge in [-0.25, -0.2) is 9.59 Å². The number of esters is 1. The van der Waals surface area contributed by atoms with Crippen molar-refractivity contribution in [3.05, 3.63) is 75.9 Å². The van der Waals surface area contributed by atoms with E-state index >= 15 is 0 Å². The lowest BCUT2D eigenvalue weighted by molar-refractivity contribution is 0.0473. The van der Waals surface area contributed by atoms with Crippen molar-refractivity contribution in [1.29, 1.82) is 0 Å². The number of rotatable bonds is 4. The maximum absolute atomic E-state index is 12.6. The van der Waals surface area contributed by atoms with Gasteiger partial charge in [-0.1, -0.05) is 12.1 Å². The summed E-state index contributed by atoms with van der Waals surface area (Å²) < 4.78 is 12.0. The molecule has 2 aromatic heterocycles. The van der Waals surface area contributed by atoms with Crippen LogP contribution in [0.1, 0.15) is 21.5 Å². The molecular formula is C19H14N4O5. The van der Waals surface area contributed by atoms with E-state index in [1.807, 2.05) is 0 Å². The van der Waals surface area contributed by atoms with E-state index in [0.717, 1.165) is 0 Å². The molecule has 0 fully saturated rings. The minimum absolute atomic E-state index is 0.0140. The largest absolute Gasteiger partial charge is 0.508 e. The monoisotopic (exact) mass is 378 g/mol. The molecule has 0 saturated carbocycles. The summed E-state index contributed by atoms with van der Waals surface area (Å²) >= 11 is 0. The van der Waals surface area contributed by atoms with Gasteiger partial charge in [-0.15, -0.1) is 5.10 Å². The van der Waals surface area contributed by atoms with Gasteiger partial charge in [-0.2, -0.15) is 4.68 Å². The first-order valence-electron chi connectivity index (χ1n) is 8.29. The standard InChI is InChI=1S/C19H14N4O5/c1-11-16(24)7-6-13-12(8-17(25)28-18(11)13)9-27-19(26)14-4-2-3-5-15(14)23-10-20-21-22-23/h2-8,10,24H,9H2,1H3. The molecule has 9 heteroatoms. The number of tetrazole rings is 1. The zero-order valence-corrected chi connectivity index (χ0v) is 14.7. The Morgan fingerprint density at radius 1 is 1.25 bits per heavy atom. The van der Waals surface area contributed by atoms with Crippen molar-refractivity contribution in [2.75, 3.05) is 0 Å². The van der Waals surface area contributed by atoms with Gasteiger partial charge in [-0.3, -0.25) is 0 Å². The van der Waals surface area contributed by atoms with Crippen LogP contribution in [0.4, 0.5) is 0 Å². The van der Waals surface area contributed by atoms with E-state index in [1.54, 1.807) is 37.3 Å². The summed E-state index contributed by atoms with van der Waals surface area (Å²) in [6.07, 6.45) is 1.37. The fourth-order valence-electron chi connectivity index (χ4n) is 2.87. The molecule has 1 N–H and O–H groups in total. The molecule has 0 radical (unpaired) electrons. The molecule has 28 heavy (non-hydrogen) atoms. The Kier molecular flexibility index (Phi) is 4.32. The molecule has 0 bridgehead atoms. The highest BCUT2D eigenvalue weighted by Gasteiger charge is 2.17. The molecule has 9 nitrogen and oxygen atoms in total. The molecule has 0 amide bonds. The van der Waals surface area contributed by atoms with Gasteiger partial charge in [0, 0.05) is 22.6 Å². The van der Waals surface area contributed by atoms with Crippen molar-refractivity contribution in [3.63, 3.8) is 0 Å². The molecular weight excluding hydrogens is 364 g/mol. The Bertz CT molecular complexity index is 1230. The fraction of sp³-hybridized carbons (Fsp3) is 0.105. The summed E-state index contributed by atoms with van der Waals surface area (Å²) in [5.74, 6) is -0.580. The topological polar surface area (TPSA) is 120 Å². The van der Waals surface area contributed by atoms with Gasteiger partial charge >= 0.3 is 11.6 Å². The molecule has 0 unspecified atom stereocenters. The van der Waals surface area contributed by atoms with Crippen LogP contribution in [0.3, 0.4) is 0 Å². The molecule has 2 aromatic carbocycles. The summed E-state index contributed by atoms with van der Waals surface area (Å²) in [5.41, 5.74) is 1.31.